The van der Waals surface area contributed by atoms with Crippen LogP contribution in [0.15, 0.2) is 56.6 Å². The van der Waals surface area contributed by atoms with Gasteiger partial charge in [-0.3, -0.25) is 4.79 Å². The summed E-state index contributed by atoms with van der Waals surface area (Å²) in [5.41, 5.74) is 13.6. The number of carbonyl (C=O) groups is 1. The first-order valence-electron chi connectivity index (χ1n) is 8.80. The van der Waals surface area contributed by atoms with E-state index in [0.717, 1.165) is 22.5 Å². The zero-order valence-electron chi connectivity index (χ0n) is 16.6. The Hall–Kier alpha value is -2.36. The van der Waals surface area contributed by atoms with Crippen LogP contribution in [0.4, 0.5) is 5.82 Å². The number of hydrogen-bond acceptors (Lipinski definition) is 7. The van der Waals surface area contributed by atoms with Gasteiger partial charge in [0.05, 0.1) is 18.9 Å². The molecule has 0 unspecified atom stereocenters. The third-order valence-corrected chi connectivity index (χ3v) is 8.31. The molecule has 4 N–H and O–H groups in total. The van der Waals surface area contributed by atoms with Gasteiger partial charge in [-0.05, 0) is 36.4 Å². The minimum atomic E-state index is -3.89. The van der Waals surface area contributed by atoms with Crippen molar-refractivity contribution in [2.45, 2.75) is 34.8 Å². The summed E-state index contributed by atoms with van der Waals surface area (Å²) in [5, 5.41) is 0. The summed E-state index contributed by atoms with van der Waals surface area (Å²) < 4.78 is 26.9. The fraction of sp³-hybridized carbons (Fsp3) is 0.200. The number of aryl methyl sites for hydroxylation is 1. The fourth-order valence-corrected chi connectivity index (χ4v) is 6.45. The zero-order valence-corrected chi connectivity index (χ0v) is 19.0. The molecule has 0 saturated carbocycles. The molecule has 0 saturated heterocycles. The van der Waals surface area contributed by atoms with Crippen LogP contribution in [0.1, 0.15) is 29.1 Å². The van der Waals surface area contributed by atoms with Crippen LogP contribution in [0, 0.1) is 6.92 Å². The molecule has 6 nitrogen and oxygen atoms in total. The molecule has 0 atom stereocenters. The number of hydrogen-bond donors (Lipinski definition) is 2. The van der Waals surface area contributed by atoms with E-state index in [9.17, 15) is 13.2 Å². The lowest BCUT2D eigenvalue weighted by Gasteiger charge is -2.11. The van der Waals surface area contributed by atoms with Crippen molar-refractivity contribution in [2.75, 3.05) is 12.0 Å². The first-order valence-corrected chi connectivity index (χ1v) is 12.3. The van der Waals surface area contributed by atoms with Gasteiger partial charge in [0.1, 0.15) is 5.82 Å². The van der Waals surface area contributed by atoms with E-state index in [-0.39, 0.29) is 20.5 Å². The van der Waals surface area contributed by atoms with Crippen molar-refractivity contribution in [1.29, 1.82) is 0 Å². The average molecular weight is 450 g/mol. The highest BCUT2D eigenvalue weighted by Gasteiger charge is 2.26. The number of thiophene rings is 1. The molecular formula is C20H23N3O3S3. The number of carbonyl (C=O) groups excluding carboxylic acids is 1. The minimum absolute atomic E-state index is 0.0130. The van der Waals surface area contributed by atoms with Gasteiger partial charge in [0.25, 0.3) is 5.91 Å². The van der Waals surface area contributed by atoms with Crippen LogP contribution in [-0.4, -0.2) is 25.6 Å². The normalized spacial score (nSPS) is 10.9. The number of anilines is 1. The third-order valence-electron chi connectivity index (χ3n) is 4.02. The van der Waals surface area contributed by atoms with Crippen LogP contribution in [0.2, 0.25) is 0 Å². The van der Waals surface area contributed by atoms with Crippen LogP contribution in [0.25, 0.3) is 11.1 Å². The zero-order chi connectivity index (χ0) is 21.8. The highest BCUT2D eigenvalue weighted by Crippen LogP contribution is 2.38. The van der Waals surface area contributed by atoms with Crippen LogP contribution >= 0.6 is 23.1 Å². The Morgan fingerprint density at radius 3 is 2.38 bits per heavy atom. The van der Waals surface area contributed by atoms with Crippen molar-refractivity contribution in [3.8, 4) is 11.1 Å². The first-order chi connectivity index (χ1) is 13.8. The highest BCUT2D eigenvalue weighted by atomic mass is 32.2. The molecule has 154 valence electrons. The molecule has 3 rings (SSSR count). The molecule has 0 radical (unpaired) electrons. The maximum Gasteiger partial charge on any atom is 0.258 e. The van der Waals surface area contributed by atoms with Crippen molar-refractivity contribution >= 4 is 44.7 Å². The molecule has 9 heteroatoms. The third kappa shape index (κ3) is 4.63. The summed E-state index contributed by atoms with van der Waals surface area (Å²) in [6, 6.07) is 10.4. The maximum atomic E-state index is 13.2. The van der Waals surface area contributed by atoms with Crippen molar-refractivity contribution in [3.63, 3.8) is 0 Å². The van der Waals surface area contributed by atoms with Crippen molar-refractivity contribution < 1.29 is 13.2 Å². The Balaban J connectivity index is 0.00000145. The number of aromatic nitrogens is 1. The molecule has 0 aliphatic heterocycles. The number of pyridine rings is 1. The Morgan fingerprint density at radius 2 is 1.79 bits per heavy atom. The largest absolute Gasteiger partial charge is 0.383 e. The lowest BCUT2D eigenvalue weighted by atomic mass is 10.0. The number of nitrogen functional groups attached to an aromatic ring is 1. The number of amides is 1. The van der Waals surface area contributed by atoms with Crippen LogP contribution < -0.4 is 11.5 Å². The monoisotopic (exact) mass is 449 g/mol. The number of nitrogens with zero attached hydrogens (tertiary/aromatic N) is 1. The van der Waals surface area contributed by atoms with Gasteiger partial charge in [-0.2, -0.15) is 0 Å². The number of thioether (sulfide) groups is 1. The van der Waals surface area contributed by atoms with Crippen molar-refractivity contribution in [1.82, 2.24) is 4.98 Å². The molecule has 2 heterocycles. The van der Waals surface area contributed by atoms with E-state index in [0.29, 0.717) is 9.77 Å². The Bertz CT molecular complexity index is 1140. The predicted molar refractivity (Wildman–Crippen MR) is 120 cm³/mol. The van der Waals surface area contributed by atoms with Crippen molar-refractivity contribution in [2.24, 2.45) is 5.73 Å². The molecule has 0 aliphatic rings. The van der Waals surface area contributed by atoms with Gasteiger partial charge in [-0.1, -0.05) is 38.1 Å². The Labute approximate surface area is 179 Å². The summed E-state index contributed by atoms with van der Waals surface area (Å²) in [4.78, 5) is 15.8. The van der Waals surface area contributed by atoms with Gasteiger partial charge in [0.2, 0.25) is 9.84 Å². The molecule has 0 fully saturated rings. The molecule has 2 aromatic heterocycles. The first kappa shape index (κ1) is 22.9. The number of benzene rings is 1. The number of rotatable bonds is 5. The predicted octanol–water partition coefficient (Wildman–Crippen LogP) is 4.38. The summed E-state index contributed by atoms with van der Waals surface area (Å²) in [6.45, 7) is 5.92. The molecule has 1 aromatic carbocycles. The summed E-state index contributed by atoms with van der Waals surface area (Å²) in [5.74, 6) is -0.413. The van der Waals surface area contributed by atoms with E-state index >= 15 is 0 Å². The molecule has 0 aliphatic carbocycles. The molecule has 0 bridgehead atoms. The standard InChI is InChI=1S/C18H17N3O3S3.C2H6/c1-10-5-3-4-6-12(10)13-7-11(9-21-16(13)19)27(23,24)15-8-14(17(20)22)26-18(15)25-2;1-2/h3-9H,1-2H3,(H2,19,21)(H2,20,22);1-2H3. The van der Waals surface area contributed by atoms with Gasteiger partial charge in [0, 0.05) is 11.8 Å². The number of primary amides is 1. The number of sulfone groups is 1. The second kappa shape index (κ2) is 9.43. The van der Waals surface area contributed by atoms with E-state index in [4.69, 9.17) is 11.5 Å². The van der Waals surface area contributed by atoms with Gasteiger partial charge >= 0.3 is 0 Å². The minimum Gasteiger partial charge on any atom is -0.383 e. The van der Waals surface area contributed by atoms with E-state index in [2.05, 4.69) is 4.98 Å². The topological polar surface area (TPSA) is 116 Å². The lowest BCUT2D eigenvalue weighted by Crippen LogP contribution is -2.09. The highest BCUT2D eigenvalue weighted by molar-refractivity contribution is 8.01. The van der Waals surface area contributed by atoms with Crippen LogP contribution in [-0.2, 0) is 9.84 Å². The molecule has 29 heavy (non-hydrogen) atoms. The van der Waals surface area contributed by atoms with Gasteiger partial charge in [-0.25, -0.2) is 13.4 Å². The van der Waals surface area contributed by atoms with Gasteiger partial charge in [0.15, 0.2) is 0 Å². The van der Waals surface area contributed by atoms with Gasteiger partial charge < -0.3 is 11.5 Å². The lowest BCUT2D eigenvalue weighted by molar-refractivity contribution is 0.100. The molecular weight excluding hydrogens is 426 g/mol. The summed E-state index contributed by atoms with van der Waals surface area (Å²) in [6.07, 6.45) is 2.98. The Morgan fingerprint density at radius 1 is 1.14 bits per heavy atom. The van der Waals surface area contributed by atoms with Crippen molar-refractivity contribution in [3.05, 3.63) is 53.0 Å². The van der Waals surface area contributed by atoms with E-state index < -0.39 is 15.7 Å². The quantitative estimate of drug-likeness (QED) is 0.558. The SMILES string of the molecule is CC.CSc1sc(C(N)=O)cc1S(=O)(=O)c1cnc(N)c(-c2ccccc2C)c1. The smallest absolute Gasteiger partial charge is 0.258 e. The van der Waals surface area contributed by atoms with Gasteiger partial charge in [-0.15, -0.1) is 23.1 Å². The second-order valence-electron chi connectivity index (χ2n) is 5.75. The fourth-order valence-electron chi connectivity index (χ4n) is 2.63. The summed E-state index contributed by atoms with van der Waals surface area (Å²) in [7, 11) is -3.89. The Kier molecular flexibility index (Phi) is 7.45. The van der Waals surface area contributed by atoms with E-state index in [1.807, 2.05) is 45.0 Å². The molecule has 3 aromatic rings. The van der Waals surface area contributed by atoms with Crippen LogP contribution in [0.5, 0.6) is 0 Å². The molecule has 0 spiro atoms. The maximum absolute atomic E-state index is 13.2. The number of nitrogens with two attached hydrogens (primary N) is 2. The van der Waals surface area contributed by atoms with E-state index in [1.54, 1.807) is 6.26 Å². The average Bonchev–Trinajstić information content (AvgIpc) is 3.16. The summed E-state index contributed by atoms with van der Waals surface area (Å²) >= 11 is 2.31. The second-order valence-corrected chi connectivity index (χ2v) is 9.80. The van der Waals surface area contributed by atoms with Crippen LogP contribution in [0.3, 0.4) is 0 Å². The molecule has 1 amide bonds. The van der Waals surface area contributed by atoms with E-state index in [1.165, 1.54) is 30.1 Å².